The van der Waals surface area contributed by atoms with Gasteiger partial charge >= 0.3 is 12.2 Å². The second-order valence-corrected chi connectivity index (χ2v) is 7.31. The highest BCUT2D eigenvalue weighted by Crippen LogP contribution is 2.31. The van der Waals surface area contributed by atoms with Crippen LogP contribution in [0.4, 0.5) is 18.9 Å². The standard InChI is InChI=1S/C22H22ClF3N4O3/c1-32-13-14-33-21-28-20(15-4-6-16(7-5-15)22(24,25)26)30(29-21)18-10-8-17(9-11-18)27-19(31)3-2-12-23/h4-11H,2-3,12-14H2,1H3,(H,27,31). The van der Waals surface area contributed by atoms with Gasteiger partial charge in [0.25, 0.3) is 0 Å². The van der Waals surface area contributed by atoms with Crippen molar-refractivity contribution in [3.05, 3.63) is 54.1 Å². The minimum Gasteiger partial charge on any atom is -0.460 e. The largest absolute Gasteiger partial charge is 0.460 e. The molecule has 7 nitrogen and oxygen atoms in total. The lowest BCUT2D eigenvalue weighted by molar-refractivity contribution is -0.137. The number of benzene rings is 2. The van der Waals surface area contributed by atoms with Crippen molar-refractivity contribution in [3.63, 3.8) is 0 Å². The number of nitrogens with one attached hydrogen (secondary N) is 1. The van der Waals surface area contributed by atoms with Crippen LogP contribution in [0.1, 0.15) is 18.4 Å². The zero-order chi connectivity index (χ0) is 23.8. The van der Waals surface area contributed by atoms with E-state index in [9.17, 15) is 18.0 Å². The molecule has 0 radical (unpaired) electrons. The summed E-state index contributed by atoms with van der Waals surface area (Å²) < 4.78 is 50.7. The highest BCUT2D eigenvalue weighted by atomic mass is 35.5. The molecule has 0 saturated carbocycles. The molecule has 1 aromatic heterocycles. The monoisotopic (exact) mass is 482 g/mol. The SMILES string of the molecule is COCCOc1nc(-c2ccc(C(F)(F)F)cc2)n(-c2ccc(NC(=O)CCCCl)cc2)n1. The summed E-state index contributed by atoms with van der Waals surface area (Å²) in [4.78, 5) is 16.2. The molecule has 0 saturated heterocycles. The number of amides is 1. The third-order valence-electron chi connectivity index (χ3n) is 4.51. The van der Waals surface area contributed by atoms with E-state index in [1.54, 1.807) is 24.3 Å². The first-order valence-electron chi connectivity index (χ1n) is 10.0. The Morgan fingerprint density at radius 1 is 1.09 bits per heavy atom. The van der Waals surface area contributed by atoms with Crippen molar-refractivity contribution < 1.29 is 27.4 Å². The molecule has 2 aromatic carbocycles. The van der Waals surface area contributed by atoms with Gasteiger partial charge in [-0.1, -0.05) is 12.1 Å². The summed E-state index contributed by atoms with van der Waals surface area (Å²) in [6, 6.07) is 11.5. The number of hydrogen-bond acceptors (Lipinski definition) is 5. The highest BCUT2D eigenvalue weighted by Gasteiger charge is 2.30. The van der Waals surface area contributed by atoms with Gasteiger partial charge < -0.3 is 14.8 Å². The Bertz CT molecular complexity index is 1050. The smallest absolute Gasteiger partial charge is 0.416 e. The summed E-state index contributed by atoms with van der Waals surface area (Å²) in [5.74, 6) is 0.554. The Morgan fingerprint density at radius 2 is 1.79 bits per heavy atom. The van der Waals surface area contributed by atoms with Crippen LogP contribution in [0.25, 0.3) is 17.1 Å². The van der Waals surface area contributed by atoms with Gasteiger partial charge in [0.1, 0.15) is 6.61 Å². The van der Waals surface area contributed by atoms with E-state index in [2.05, 4.69) is 15.4 Å². The molecule has 1 heterocycles. The minimum absolute atomic E-state index is 0.0559. The van der Waals surface area contributed by atoms with Crippen molar-refractivity contribution in [2.24, 2.45) is 0 Å². The number of alkyl halides is 4. The second kappa shape index (κ2) is 11.2. The van der Waals surface area contributed by atoms with E-state index in [0.29, 0.717) is 48.1 Å². The molecule has 0 bridgehead atoms. The number of hydrogen-bond donors (Lipinski definition) is 1. The normalized spacial score (nSPS) is 11.4. The first-order chi connectivity index (χ1) is 15.8. The van der Waals surface area contributed by atoms with Gasteiger partial charge in [-0.3, -0.25) is 4.79 Å². The predicted octanol–water partition coefficient (Wildman–Crippen LogP) is 4.94. The fourth-order valence-electron chi connectivity index (χ4n) is 2.88. The van der Waals surface area contributed by atoms with Gasteiger partial charge in [0.15, 0.2) is 5.82 Å². The van der Waals surface area contributed by atoms with Crippen LogP contribution in [-0.2, 0) is 15.7 Å². The summed E-state index contributed by atoms with van der Waals surface area (Å²) in [5.41, 5.74) is 0.836. The molecular formula is C22H22ClF3N4O3. The maximum Gasteiger partial charge on any atom is 0.416 e. The van der Waals surface area contributed by atoms with Crippen molar-refractivity contribution in [2.45, 2.75) is 19.0 Å². The molecule has 0 spiro atoms. The maximum atomic E-state index is 12.9. The number of anilines is 1. The van der Waals surface area contributed by atoms with Crippen molar-refractivity contribution in [3.8, 4) is 23.1 Å². The van der Waals surface area contributed by atoms with Crippen LogP contribution in [-0.4, -0.2) is 46.9 Å². The molecule has 11 heteroatoms. The van der Waals surface area contributed by atoms with Gasteiger partial charge in [0, 0.05) is 30.7 Å². The van der Waals surface area contributed by atoms with Crippen LogP contribution in [0.5, 0.6) is 6.01 Å². The van der Waals surface area contributed by atoms with Crippen molar-refractivity contribution >= 4 is 23.2 Å². The summed E-state index contributed by atoms with van der Waals surface area (Å²) in [5, 5.41) is 7.11. The summed E-state index contributed by atoms with van der Waals surface area (Å²) >= 11 is 5.61. The fraction of sp³-hybridized carbons (Fsp3) is 0.318. The molecule has 0 aliphatic heterocycles. The van der Waals surface area contributed by atoms with Gasteiger partial charge in [-0.05, 0) is 42.8 Å². The molecule has 3 rings (SSSR count). The second-order valence-electron chi connectivity index (χ2n) is 6.93. The molecule has 0 aliphatic rings. The number of carbonyl (C=O) groups is 1. The van der Waals surface area contributed by atoms with Crippen LogP contribution in [0, 0.1) is 0 Å². The van der Waals surface area contributed by atoms with Gasteiger partial charge in [-0.15, -0.1) is 16.7 Å². The predicted molar refractivity (Wildman–Crippen MR) is 118 cm³/mol. The van der Waals surface area contributed by atoms with Gasteiger partial charge in [0.05, 0.1) is 17.9 Å². The van der Waals surface area contributed by atoms with Crippen LogP contribution in [0.2, 0.25) is 0 Å². The molecule has 176 valence electrons. The number of methoxy groups -OCH3 is 1. The fourth-order valence-corrected chi connectivity index (χ4v) is 3.02. The third kappa shape index (κ3) is 6.69. The molecule has 1 N–H and O–H groups in total. The maximum absolute atomic E-state index is 12.9. The molecule has 0 unspecified atom stereocenters. The Balaban J connectivity index is 1.89. The van der Waals surface area contributed by atoms with Crippen molar-refractivity contribution in [2.75, 3.05) is 31.5 Å². The Morgan fingerprint density at radius 3 is 2.39 bits per heavy atom. The zero-order valence-electron chi connectivity index (χ0n) is 17.7. The van der Waals surface area contributed by atoms with Crippen LogP contribution < -0.4 is 10.1 Å². The number of aromatic nitrogens is 3. The topological polar surface area (TPSA) is 78.3 Å². The zero-order valence-corrected chi connectivity index (χ0v) is 18.5. The minimum atomic E-state index is -4.44. The quantitative estimate of drug-likeness (QED) is 0.327. The molecular weight excluding hydrogens is 461 g/mol. The lowest BCUT2D eigenvalue weighted by atomic mass is 10.1. The summed E-state index contributed by atoms with van der Waals surface area (Å²) in [7, 11) is 1.53. The number of halogens is 4. The number of carbonyl (C=O) groups excluding carboxylic acids is 1. The van der Waals surface area contributed by atoms with E-state index in [0.717, 1.165) is 12.1 Å². The molecule has 3 aromatic rings. The van der Waals surface area contributed by atoms with E-state index < -0.39 is 11.7 Å². The van der Waals surface area contributed by atoms with Crippen LogP contribution in [0.15, 0.2) is 48.5 Å². The molecule has 1 amide bonds. The van der Waals surface area contributed by atoms with Gasteiger partial charge in [-0.25, -0.2) is 4.68 Å². The average Bonchev–Trinajstić information content (AvgIpc) is 3.22. The summed E-state index contributed by atoms with van der Waals surface area (Å²) in [6.45, 7) is 0.530. The molecule has 0 aliphatic carbocycles. The number of nitrogens with zero attached hydrogens (tertiary/aromatic N) is 3. The van der Waals surface area contributed by atoms with E-state index in [1.165, 1.54) is 23.9 Å². The van der Waals surface area contributed by atoms with E-state index in [1.807, 2.05) is 0 Å². The van der Waals surface area contributed by atoms with E-state index in [-0.39, 0.29) is 18.5 Å². The highest BCUT2D eigenvalue weighted by molar-refractivity contribution is 6.18. The lowest BCUT2D eigenvalue weighted by Crippen LogP contribution is -2.11. The first-order valence-corrected chi connectivity index (χ1v) is 10.6. The Kier molecular flexibility index (Phi) is 8.29. The molecule has 33 heavy (non-hydrogen) atoms. The van der Waals surface area contributed by atoms with Gasteiger partial charge in [0.2, 0.25) is 5.91 Å². The number of ether oxygens (including phenoxy) is 2. The summed E-state index contributed by atoms with van der Waals surface area (Å²) in [6.07, 6.45) is -3.55. The van der Waals surface area contributed by atoms with Crippen LogP contribution >= 0.6 is 11.6 Å². The number of rotatable bonds is 10. The van der Waals surface area contributed by atoms with Gasteiger partial charge in [-0.2, -0.15) is 18.2 Å². The Hall–Kier alpha value is -3.11. The van der Waals surface area contributed by atoms with E-state index >= 15 is 0 Å². The van der Waals surface area contributed by atoms with Crippen molar-refractivity contribution in [1.29, 1.82) is 0 Å². The first kappa shape index (κ1) is 24.5. The molecule has 0 fully saturated rings. The van der Waals surface area contributed by atoms with E-state index in [4.69, 9.17) is 21.1 Å². The van der Waals surface area contributed by atoms with Crippen LogP contribution in [0.3, 0.4) is 0 Å². The third-order valence-corrected chi connectivity index (χ3v) is 4.78. The lowest BCUT2D eigenvalue weighted by Gasteiger charge is -2.09. The average molecular weight is 483 g/mol. The Labute approximate surface area is 193 Å². The molecule has 0 atom stereocenters. The van der Waals surface area contributed by atoms with Crippen molar-refractivity contribution in [1.82, 2.24) is 14.8 Å².